The highest BCUT2D eigenvalue weighted by Crippen LogP contribution is 2.30. The smallest absolute Gasteiger partial charge is 0.225 e. The van der Waals surface area contributed by atoms with Gasteiger partial charge in [-0.2, -0.15) is 5.10 Å². The van der Waals surface area contributed by atoms with E-state index in [1.165, 1.54) is 12.1 Å². The minimum absolute atomic E-state index is 0.107. The zero-order valence-corrected chi connectivity index (χ0v) is 19.5. The summed E-state index contributed by atoms with van der Waals surface area (Å²) < 4.78 is 35.0. The third kappa shape index (κ3) is 6.21. The molecule has 166 valence electrons. The molecule has 0 aliphatic carbocycles. The summed E-state index contributed by atoms with van der Waals surface area (Å²) in [5, 5.41) is 8.15. The number of ether oxygens (including phenoxy) is 1. The van der Waals surface area contributed by atoms with Gasteiger partial charge in [-0.3, -0.25) is 4.79 Å². The number of hydrogen-bond acceptors (Lipinski definition) is 3. The lowest BCUT2D eigenvalue weighted by molar-refractivity contribution is -0.116. The summed E-state index contributed by atoms with van der Waals surface area (Å²) in [6.07, 6.45) is 1.14. The molecule has 0 bridgehead atoms. The van der Waals surface area contributed by atoms with Gasteiger partial charge in [-0.05, 0) is 47.9 Å². The van der Waals surface area contributed by atoms with Crippen LogP contribution in [0.15, 0.2) is 36.4 Å². The van der Waals surface area contributed by atoms with Gasteiger partial charge >= 0.3 is 0 Å². The predicted molar refractivity (Wildman–Crippen MR) is 123 cm³/mol. The van der Waals surface area contributed by atoms with E-state index in [0.717, 1.165) is 29.4 Å². The lowest BCUT2D eigenvalue weighted by Crippen LogP contribution is -2.22. The molecule has 0 saturated heterocycles. The molecular formula is C23H29F2N3O2Si. The molecule has 0 saturated carbocycles. The molecule has 1 heterocycles. The number of carbonyl (C=O) groups is 1. The molecule has 31 heavy (non-hydrogen) atoms. The van der Waals surface area contributed by atoms with E-state index in [4.69, 9.17) is 4.74 Å². The summed E-state index contributed by atoms with van der Waals surface area (Å²) in [5.41, 5.74) is 1.81. The van der Waals surface area contributed by atoms with Crippen LogP contribution in [0, 0.1) is 11.6 Å². The standard InChI is InChI=1S/C23H29F2N3O2Si/c1-5-6-22(29)26-23-20-8-7-16(17-11-18(24)14-19(25)12-17)13-21(20)28(27-23)15-30-9-10-31(2,3)4/h7-8,11-14H,5-6,9-10,15H2,1-4H3,(H,26,27,29). The van der Waals surface area contributed by atoms with Gasteiger partial charge in [0.25, 0.3) is 0 Å². The first-order valence-electron chi connectivity index (χ1n) is 10.5. The molecule has 3 rings (SSSR count). The van der Waals surface area contributed by atoms with Crippen molar-refractivity contribution >= 4 is 30.7 Å². The van der Waals surface area contributed by atoms with Gasteiger partial charge in [0.05, 0.1) is 5.52 Å². The third-order valence-electron chi connectivity index (χ3n) is 4.89. The highest BCUT2D eigenvalue weighted by atomic mass is 28.3. The van der Waals surface area contributed by atoms with Crippen molar-refractivity contribution in [3.8, 4) is 11.1 Å². The average molecular weight is 446 g/mol. The third-order valence-corrected chi connectivity index (χ3v) is 6.60. The molecule has 1 N–H and O–H groups in total. The Labute approximate surface area is 182 Å². The van der Waals surface area contributed by atoms with E-state index in [2.05, 4.69) is 30.1 Å². The van der Waals surface area contributed by atoms with Gasteiger partial charge in [0.1, 0.15) is 18.4 Å². The van der Waals surface area contributed by atoms with E-state index in [-0.39, 0.29) is 12.6 Å². The van der Waals surface area contributed by atoms with Gasteiger partial charge < -0.3 is 10.1 Å². The van der Waals surface area contributed by atoms with Crippen LogP contribution in [0.2, 0.25) is 25.7 Å². The van der Waals surface area contributed by atoms with Crippen LogP contribution in [0.25, 0.3) is 22.0 Å². The number of nitrogens with one attached hydrogen (secondary N) is 1. The van der Waals surface area contributed by atoms with Crippen LogP contribution in [0.4, 0.5) is 14.6 Å². The number of anilines is 1. The Bertz CT molecular complexity index is 1060. The molecule has 0 fully saturated rings. The number of aromatic nitrogens is 2. The van der Waals surface area contributed by atoms with Crippen LogP contribution in [0.1, 0.15) is 19.8 Å². The Morgan fingerprint density at radius 3 is 2.45 bits per heavy atom. The molecule has 3 aromatic rings. The molecule has 0 unspecified atom stereocenters. The van der Waals surface area contributed by atoms with E-state index < -0.39 is 19.7 Å². The topological polar surface area (TPSA) is 56.2 Å². The maximum absolute atomic E-state index is 13.7. The van der Waals surface area contributed by atoms with Crippen molar-refractivity contribution in [1.82, 2.24) is 9.78 Å². The number of carbonyl (C=O) groups excluding carboxylic acids is 1. The van der Waals surface area contributed by atoms with Crippen molar-refractivity contribution in [1.29, 1.82) is 0 Å². The van der Waals surface area contributed by atoms with E-state index in [1.807, 2.05) is 13.0 Å². The highest BCUT2D eigenvalue weighted by molar-refractivity contribution is 6.76. The van der Waals surface area contributed by atoms with Crippen molar-refractivity contribution in [3.05, 3.63) is 48.0 Å². The van der Waals surface area contributed by atoms with Crippen molar-refractivity contribution in [2.24, 2.45) is 0 Å². The molecule has 0 aliphatic heterocycles. The van der Waals surface area contributed by atoms with E-state index in [1.54, 1.807) is 16.8 Å². The molecular weight excluding hydrogens is 416 g/mol. The van der Waals surface area contributed by atoms with Gasteiger partial charge in [-0.1, -0.05) is 32.6 Å². The molecule has 5 nitrogen and oxygen atoms in total. The molecule has 8 heteroatoms. The fourth-order valence-corrected chi connectivity index (χ4v) is 3.97. The minimum atomic E-state index is -1.22. The Hall–Kier alpha value is -2.58. The minimum Gasteiger partial charge on any atom is -0.360 e. The number of nitrogens with zero attached hydrogens (tertiary/aromatic N) is 2. The monoisotopic (exact) mass is 445 g/mol. The maximum Gasteiger partial charge on any atom is 0.225 e. The first-order chi connectivity index (χ1) is 14.7. The van der Waals surface area contributed by atoms with E-state index in [9.17, 15) is 13.6 Å². The predicted octanol–water partition coefficient (Wildman–Crippen LogP) is 6.03. The summed E-state index contributed by atoms with van der Waals surface area (Å²) in [6, 6.07) is 9.84. The van der Waals surface area contributed by atoms with Crippen LogP contribution in [0.3, 0.4) is 0 Å². The van der Waals surface area contributed by atoms with Crippen LogP contribution in [-0.4, -0.2) is 30.4 Å². The van der Waals surface area contributed by atoms with Crippen LogP contribution >= 0.6 is 0 Å². The van der Waals surface area contributed by atoms with Gasteiger partial charge in [0, 0.05) is 32.6 Å². The molecule has 1 amide bonds. The number of halogens is 2. The second-order valence-electron chi connectivity index (χ2n) is 8.88. The first kappa shape index (κ1) is 23.1. The lowest BCUT2D eigenvalue weighted by atomic mass is 10.0. The molecule has 1 aromatic heterocycles. The first-order valence-corrected chi connectivity index (χ1v) is 14.2. The van der Waals surface area contributed by atoms with Gasteiger partial charge in [0.2, 0.25) is 5.91 Å². The quantitative estimate of drug-likeness (QED) is 0.323. The Morgan fingerprint density at radius 2 is 1.81 bits per heavy atom. The normalized spacial score (nSPS) is 11.8. The zero-order valence-electron chi connectivity index (χ0n) is 18.5. The lowest BCUT2D eigenvalue weighted by Gasteiger charge is -2.15. The van der Waals surface area contributed by atoms with Crippen LogP contribution in [-0.2, 0) is 16.3 Å². The zero-order chi connectivity index (χ0) is 22.6. The number of hydrogen-bond donors (Lipinski definition) is 1. The van der Waals surface area contributed by atoms with Crippen molar-refractivity contribution in [3.63, 3.8) is 0 Å². The summed E-state index contributed by atoms with van der Waals surface area (Å²) in [7, 11) is -1.22. The Morgan fingerprint density at radius 1 is 1.10 bits per heavy atom. The molecule has 2 aromatic carbocycles. The van der Waals surface area contributed by atoms with Crippen molar-refractivity contribution in [2.75, 3.05) is 11.9 Å². The van der Waals surface area contributed by atoms with Crippen LogP contribution < -0.4 is 5.32 Å². The molecule has 0 radical (unpaired) electrons. The Kier molecular flexibility index (Phi) is 7.22. The second-order valence-corrected chi connectivity index (χ2v) is 14.5. The molecule has 0 aliphatic rings. The van der Waals surface area contributed by atoms with Crippen molar-refractivity contribution in [2.45, 2.75) is 52.2 Å². The van der Waals surface area contributed by atoms with Crippen molar-refractivity contribution < 1.29 is 18.3 Å². The molecule has 0 spiro atoms. The number of amides is 1. The summed E-state index contributed by atoms with van der Waals surface area (Å²) in [5.74, 6) is -0.916. The highest BCUT2D eigenvalue weighted by Gasteiger charge is 2.16. The fraction of sp³-hybridized carbons (Fsp3) is 0.391. The number of rotatable bonds is 9. The summed E-state index contributed by atoms with van der Waals surface area (Å²) >= 11 is 0. The van der Waals surface area contributed by atoms with Gasteiger partial charge in [-0.15, -0.1) is 0 Å². The SMILES string of the molecule is CCCC(=O)Nc1nn(COCC[Si](C)(C)C)c2cc(-c3cc(F)cc(F)c3)ccc12. The summed E-state index contributed by atoms with van der Waals surface area (Å²) in [4.78, 5) is 12.1. The number of fused-ring (bicyclic) bond motifs is 1. The molecule has 0 atom stereocenters. The summed E-state index contributed by atoms with van der Waals surface area (Å²) in [6.45, 7) is 9.64. The van der Waals surface area contributed by atoms with E-state index in [0.29, 0.717) is 30.0 Å². The second kappa shape index (κ2) is 9.70. The maximum atomic E-state index is 13.7. The van der Waals surface area contributed by atoms with E-state index >= 15 is 0 Å². The fourth-order valence-electron chi connectivity index (χ4n) is 3.22. The Balaban J connectivity index is 1.95. The average Bonchev–Trinajstić information content (AvgIpc) is 3.00. The number of benzene rings is 2. The van der Waals surface area contributed by atoms with Gasteiger partial charge in [-0.25, -0.2) is 13.5 Å². The van der Waals surface area contributed by atoms with Gasteiger partial charge in [0.15, 0.2) is 5.82 Å². The van der Waals surface area contributed by atoms with Crippen LogP contribution in [0.5, 0.6) is 0 Å². The largest absolute Gasteiger partial charge is 0.360 e.